The number of aromatic carboxylic acids is 1. The fourth-order valence-corrected chi connectivity index (χ4v) is 2.21. The smallest absolute Gasteiger partial charge is 0.337 e. The van der Waals surface area contributed by atoms with Crippen molar-refractivity contribution in [2.45, 2.75) is 33.1 Å². The maximum absolute atomic E-state index is 11.8. The zero-order valence-electron chi connectivity index (χ0n) is 11.8. The van der Waals surface area contributed by atoms with E-state index in [1.54, 1.807) is 18.2 Å². The highest BCUT2D eigenvalue weighted by Crippen LogP contribution is 2.47. The summed E-state index contributed by atoms with van der Waals surface area (Å²) in [5, 5.41) is 14.6. The number of carbonyl (C=O) groups is 2. The van der Waals surface area contributed by atoms with Gasteiger partial charge in [-0.3, -0.25) is 0 Å². The van der Waals surface area contributed by atoms with Gasteiger partial charge in [-0.15, -0.1) is 0 Å². The summed E-state index contributed by atoms with van der Waals surface area (Å²) in [6.45, 7) is 4.58. The molecule has 3 N–H and O–H groups in total. The molecule has 2 rings (SSSR count). The van der Waals surface area contributed by atoms with Gasteiger partial charge in [0.1, 0.15) is 0 Å². The lowest BCUT2D eigenvalue weighted by Crippen LogP contribution is -2.34. The lowest BCUT2D eigenvalue weighted by atomic mass is 10.0. The second kappa shape index (κ2) is 5.53. The van der Waals surface area contributed by atoms with Gasteiger partial charge in [0, 0.05) is 6.54 Å². The molecule has 0 aliphatic heterocycles. The first-order chi connectivity index (χ1) is 9.46. The number of urea groups is 1. The Labute approximate surface area is 118 Å². The summed E-state index contributed by atoms with van der Waals surface area (Å²) in [7, 11) is 0. The van der Waals surface area contributed by atoms with Crippen molar-refractivity contribution in [2.75, 3.05) is 11.9 Å². The van der Waals surface area contributed by atoms with E-state index in [2.05, 4.69) is 17.6 Å². The van der Waals surface area contributed by atoms with E-state index in [9.17, 15) is 9.59 Å². The monoisotopic (exact) mass is 276 g/mol. The van der Waals surface area contributed by atoms with E-state index in [1.165, 1.54) is 0 Å². The van der Waals surface area contributed by atoms with Gasteiger partial charge in [0.25, 0.3) is 0 Å². The van der Waals surface area contributed by atoms with Crippen molar-refractivity contribution in [1.82, 2.24) is 5.32 Å². The Morgan fingerprint density at radius 2 is 2.05 bits per heavy atom. The zero-order chi connectivity index (χ0) is 14.8. The Hall–Kier alpha value is -2.04. The maximum atomic E-state index is 11.8. The van der Waals surface area contributed by atoms with E-state index in [-0.39, 0.29) is 17.0 Å². The van der Waals surface area contributed by atoms with Crippen molar-refractivity contribution in [2.24, 2.45) is 5.41 Å². The average molecular weight is 276 g/mol. The van der Waals surface area contributed by atoms with Crippen LogP contribution in [0, 0.1) is 12.3 Å². The quantitative estimate of drug-likeness (QED) is 0.773. The highest BCUT2D eigenvalue weighted by molar-refractivity contribution is 6.00. The number of aryl methyl sites for hydroxylation is 1. The van der Waals surface area contributed by atoms with Crippen molar-refractivity contribution < 1.29 is 14.7 Å². The molecule has 1 aliphatic carbocycles. The first kappa shape index (κ1) is 14.4. The minimum atomic E-state index is -1.05. The number of hydrogen-bond acceptors (Lipinski definition) is 2. The molecule has 0 aromatic heterocycles. The van der Waals surface area contributed by atoms with Gasteiger partial charge in [0.2, 0.25) is 0 Å². The van der Waals surface area contributed by atoms with Crippen LogP contribution in [0.4, 0.5) is 10.5 Å². The molecular weight excluding hydrogens is 256 g/mol. The predicted molar refractivity (Wildman–Crippen MR) is 77.1 cm³/mol. The first-order valence-corrected chi connectivity index (χ1v) is 6.84. The number of rotatable bonds is 5. The second-order valence-electron chi connectivity index (χ2n) is 5.52. The van der Waals surface area contributed by atoms with Gasteiger partial charge >= 0.3 is 12.0 Å². The number of anilines is 1. The molecule has 0 unspecified atom stereocenters. The molecule has 20 heavy (non-hydrogen) atoms. The molecule has 1 aromatic carbocycles. The number of carbonyl (C=O) groups excluding carboxylic acids is 1. The highest BCUT2D eigenvalue weighted by Gasteiger charge is 2.40. The maximum Gasteiger partial charge on any atom is 0.337 e. The highest BCUT2D eigenvalue weighted by atomic mass is 16.4. The summed E-state index contributed by atoms with van der Waals surface area (Å²) in [5.41, 5.74) is 1.54. The fraction of sp³-hybridized carbons (Fsp3) is 0.467. The van der Waals surface area contributed by atoms with Crippen LogP contribution in [-0.2, 0) is 0 Å². The summed E-state index contributed by atoms with van der Waals surface area (Å²) in [4.78, 5) is 23.0. The molecule has 1 aromatic rings. The van der Waals surface area contributed by atoms with E-state index in [1.807, 2.05) is 6.92 Å². The standard InChI is InChI=1S/C15H20N2O3/c1-3-15(6-7-15)9-16-14(20)17-12-5-4-10(2)8-11(12)13(18)19/h4-5,8H,3,6-7,9H2,1-2H3,(H,18,19)(H2,16,17,20). The normalized spacial score (nSPS) is 15.5. The van der Waals surface area contributed by atoms with Gasteiger partial charge < -0.3 is 15.7 Å². The Bertz CT molecular complexity index is 536. The van der Waals surface area contributed by atoms with Crippen LogP contribution in [-0.4, -0.2) is 23.7 Å². The average Bonchev–Trinajstić information content (AvgIpc) is 3.19. The summed E-state index contributed by atoms with van der Waals surface area (Å²) in [6.07, 6.45) is 3.35. The van der Waals surface area contributed by atoms with Gasteiger partial charge in [-0.05, 0) is 43.7 Å². The van der Waals surface area contributed by atoms with Crippen LogP contribution in [0.2, 0.25) is 0 Å². The zero-order valence-corrected chi connectivity index (χ0v) is 11.8. The molecule has 0 heterocycles. The number of nitrogens with one attached hydrogen (secondary N) is 2. The summed E-state index contributed by atoms with van der Waals surface area (Å²) >= 11 is 0. The SMILES string of the molecule is CCC1(CNC(=O)Nc2ccc(C)cc2C(=O)O)CC1. The first-order valence-electron chi connectivity index (χ1n) is 6.84. The molecule has 2 amide bonds. The van der Waals surface area contributed by atoms with Crippen LogP contribution in [0.15, 0.2) is 18.2 Å². The van der Waals surface area contributed by atoms with E-state index in [4.69, 9.17) is 5.11 Å². The Morgan fingerprint density at radius 1 is 1.35 bits per heavy atom. The van der Waals surface area contributed by atoms with Crippen molar-refractivity contribution in [3.8, 4) is 0 Å². The van der Waals surface area contributed by atoms with Crippen molar-refractivity contribution in [1.29, 1.82) is 0 Å². The van der Waals surface area contributed by atoms with E-state index < -0.39 is 5.97 Å². The third-order valence-electron chi connectivity index (χ3n) is 3.98. The van der Waals surface area contributed by atoms with Crippen LogP contribution in [0.1, 0.15) is 42.1 Å². The third kappa shape index (κ3) is 3.29. The molecule has 0 saturated heterocycles. The summed E-state index contributed by atoms with van der Waals surface area (Å²) in [6, 6.07) is 4.59. The van der Waals surface area contributed by atoms with Crippen LogP contribution < -0.4 is 10.6 Å². The van der Waals surface area contributed by atoms with E-state index in [0.717, 1.165) is 24.8 Å². The van der Waals surface area contributed by atoms with Gasteiger partial charge in [0.05, 0.1) is 11.3 Å². The molecule has 0 spiro atoms. The Kier molecular flexibility index (Phi) is 3.97. The summed E-state index contributed by atoms with van der Waals surface area (Å²) < 4.78 is 0. The van der Waals surface area contributed by atoms with Crippen molar-refractivity contribution >= 4 is 17.7 Å². The fourth-order valence-electron chi connectivity index (χ4n) is 2.21. The molecule has 5 heteroatoms. The molecule has 1 saturated carbocycles. The largest absolute Gasteiger partial charge is 0.478 e. The van der Waals surface area contributed by atoms with Crippen LogP contribution in [0.5, 0.6) is 0 Å². The van der Waals surface area contributed by atoms with Crippen molar-refractivity contribution in [3.05, 3.63) is 29.3 Å². The van der Waals surface area contributed by atoms with E-state index >= 15 is 0 Å². The molecule has 0 bridgehead atoms. The number of carboxylic acids is 1. The van der Waals surface area contributed by atoms with E-state index in [0.29, 0.717) is 12.2 Å². The molecule has 0 radical (unpaired) electrons. The Balaban J connectivity index is 1.99. The summed E-state index contributed by atoms with van der Waals surface area (Å²) in [5.74, 6) is -1.05. The van der Waals surface area contributed by atoms with Gasteiger partial charge in [0.15, 0.2) is 0 Å². The number of benzene rings is 1. The van der Waals surface area contributed by atoms with Crippen molar-refractivity contribution in [3.63, 3.8) is 0 Å². The van der Waals surface area contributed by atoms with Gasteiger partial charge in [-0.25, -0.2) is 9.59 Å². The minimum absolute atomic E-state index is 0.108. The topological polar surface area (TPSA) is 78.4 Å². The molecule has 108 valence electrons. The van der Waals surface area contributed by atoms with Crippen LogP contribution in [0.25, 0.3) is 0 Å². The minimum Gasteiger partial charge on any atom is -0.478 e. The van der Waals surface area contributed by atoms with Crippen LogP contribution >= 0.6 is 0 Å². The second-order valence-corrected chi connectivity index (χ2v) is 5.52. The molecule has 1 aliphatic rings. The van der Waals surface area contributed by atoms with Crippen LogP contribution in [0.3, 0.4) is 0 Å². The van der Waals surface area contributed by atoms with Gasteiger partial charge in [-0.1, -0.05) is 18.6 Å². The number of carboxylic acid groups (broad SMARTS) is 1. The molecule has 0 atom stereocenters. The predicted octanol–water partition coefficient (Wildman–Crippen LogP) is 3.00. The molecule has 5 nitrogen and oxygen atoms in total. The Morgan fingerprint density at radius 3 is 2.60 bits per heavy atom. The molecule has 1 fully saturated rings. The van der Waals surface area contributed by atoms with Gasteiger partial charge in [-0.2, -0.15) is 0 Å². The number of amides is 2. The lowest BCUT2D eigenvalue weighted by Gasteiger charge is -2.15. The molecular formula is C15H20N2O3. The lowest BCUT2D eigenvalue weighted by molar-refractivity contribution is 0.0698. The third-order valence-corrected chi connectivity index (χ3v) is 3.98. The number of hydrogen-bond donors (Lipinski definition) is 3.